The van der Waals surface area contributed by atoms with E-state index < -0.39 is 0 Å². The van der Waals surface area contributed by atoms with Crippen molar-refractivity contribution in [2.45, 2.75) is 19.3 Å². The number of rotatable bonds is 1. The second kappa shape index (κ2) is 4.38. The van der Waals surface area contributed by atoms with E-state index in [1.807, 2.05) is 0 Å². The van der Waals surface area contributed by atoms with Crippen LogP contribution in [0.1, 0.15) is 16.9 Å². The third-order valence-corrected chi connectivity index (χ3v) is 5.55. The van der Waals surface area contributed by atoms with E-state index in [1.165, 1.54) is 16.9 Å². The Bertz CT molecular complexity index is 796. The second-order valence-electron chi connectivity index (χ2n) is 4.97. The molecule has 1 aliphatic rings. The van der Waals surface area contributed by atoms with E-state index >= 15 is 0 Å². The first-order chi connectivity index (χ1) is 9.63. The molecule has 0 unspecified atom stereocenters. The number of nitrogen functional groups attached to an aromatic ring is 1. The maximum absolute atomic E-state index is 6.17. The molecule has 3 nitrogen and oxygen atoms in total. The topological polar surface area (TPSA) is 54.7 Å². The van der Waals surface area contributed by atoms with Gasteiger partial charge in [-0.25, -0.2) is 4.98 Å². The minimum absolute atomic E-state index is 0.515. The molecule has 2 heterocycles. The molecule has 0 amide bonds. The third kappa shape index (κ3) is 1.75. The van der Waals surface area contributed by atoms with Gasteiger partial charge in [-0.1, -0.05) is 23.2 Å². The lowest BCUT2D eigenvalue weighted by Crippen LogP contribution is -1.89. The lowest BCUT2D eigenvalue weighted by Gasteiger charge is -1.98. The largest absolute Gasteiger partial charge is 0.390 e. The van der Waals surface area contributed by atoms with Gasteiger partial charge in [0.05, 0.1) is 31.6 Å². The van der Waals surface area contributed by atoms with Crippen molar-refractivity contribution in [3.8, 4) is 11.4 Å². The molecular weight excluding hydrogens is 313 g/mol. The van der Waals surface area contributed by atoms with Gasteiger partial charge in [-0.15, -0.1) is 11.3 Å². The predicted octanol–water partition coefficient (Wildman–Crippen LogP) is 4.67. The van der Waals surface area contributed by atoms with Gasteiger partial charge in [0.2, 0.25) is 0 Å². The van der Waals surface area contributed by atoms with Crippen LogP contribution in [0.15, 0.2) is 12.1 Å². The smallest absolute Gasteiger partial charge is 0.141 e. The summed E-state index contributed by atoms with van der Waals surface area (Å²) in [6, 6.07) is 3.58. The maximum atomic E-state index is 6.17. The van der Waals surface area contributed by atoms with Gasteiger partial charge in [0, 0.05) is 4.88 Å². The van der Waals surface area contributed by atoms with Crippen molar-refractivity contribution in [2.75, 3.05) is 5.73 Å². The van der Waals surface area contributed by atoms with Gasteiger partial charge < -0.3 is 10.7 Å². The first-order valence-electron chi connectivity index (χ1n) is 6.38. The van der Waals surface area contributed by atoms with Gasteiger partial charge in [-0.05, 0) is 37.0 Å². The summed E-state index contributed by atoms with van der Waals surface area (Å²) in [5, 5.41) is 1.88. The van der Waals surface area contributed by atoms with E-state index in [4.69, 9.17) is 28.9 Å². The van der Waals surface area contributed by atoms with Crippen LogP contribution in [0.5, 0.6) is 0 Å². The van der Waals surface area contributed by atoms with E-state index in [0.717, 1.165) is 40.3 Å². The van der Waals surface area contributed by atoms with Gasteiger partial charge in [-0.3, -0.25) is 0 Å². The molecule has 3 aromatic rings. The minimum atomic E-state index is 0.515. The highest BCUT2D eigenvalue weighted by atomic mass is 35.5. The molecule has 0 aliphatic heterocycles. The fourth-order valence-electron chi connectivity index (χ4n) is 2.81. The Balaban J connectivity index is 1.95. The van der Waals surface area contributed by atoms with Gasteiger partial charge >= 0.3 is 0 Å². The lowest BCUT2D eigenvalue weighted by atomic mass is 10.1. The van der Waals surface area contributed by atoms with E-state index in [2.05, 4.69) is 9.97 Å². The number of thiophene rings is 1. The zero-order chi connectivity index (χ0) is 13.9. The highest BCUT2D eigenvalue weighted by molar-refractivity contribution is 7.16. The van der Waals surface area contributed by atoms with Gasteiger partial charge in [0.1, 0.15) is 5.82 Å². The number of halogens is 2. The van der Waals surface area contributed by atoms with Crippen molar-refractivity contribution in [2.24, 2.45) is 0 Å². The molecule has 3 N–H and O–H groups in total. The summed E-state index contributed by atoms with van der Waals surface area (Å²) < 4.78 is 0. The molecule has 6 heteroatoms. The number of hydrogen-bond acceptors (Lipinski definition) is 3. The van der Waals surface area contributed by atoms with Crippen molar-refractivity contribution in [1.29, 1.82) is 0 Å². The zero-order valence-electron chi connectivity index (χ0n) is 10.5. The number of H-pyrrole nitrogens is 1. The van der Waals surface area contributed by atoms with Crippen LogP contribution >= 0.6 is 34.5 Å². The van der Waals surface area contributed by atoms with E-state index in [9.17, 15) is 0 Å². The monoisotopic (exact) mass is 323 g/mol. The summed E-state index contributed by atoms with van der Waals surface area (Å²) in [7, 11) is 0. The molecule has 0 saturated heterocycles. The molecule has 0 fully saturated rings. The molecule has 4 rings (SSSR count). The number of aryl methyl sites for hydroxylation is 1. The second-order valence-corrected chi connectivity index (χ2v) is 6.92. The Kier molecular flexibility index (Phi) is 2.74. The summed E-state index contributed by atoms with van der Waals surface area (Å²) in [6.07, 6.45) is 3.41. The predicted molar refractivity (Wildman–Crippen MR) is 85.9 cm³/mol. The summed E-state index contributed by atoms with van der Waals surface area (Å²) in [5.41, 5.74) is 10.3. The van der Waals surface area contributed by atoms with Crippen molar-refractivity contribution in [1.82, 2.24) is 9.97 Å². The van der Waals surface area contributed by atoms with Crippen molar-refractivity contribution in [3.63, 3.8) is 0 Å². The SMILES string of the molecule is Nc1sc2c(c1-c1nc3cc(Cl)c(Cl)cc3[nH]1)CCC2. The number of aromatic nitrogens is 2. The van der Waals surface area contributed by atoms with E-state index in [1.54, 1.807) is 23.5 Å². The first-order valence-corrected chi connectivity index (χ1v) is 7.96. The number of aromatic amines is 1. The first kappa shape index (κ1) is 12.5. The molecule has 0 atom stereocenters. The number of nitrogens with one attached hydrogen (secondary N) is 1. The zero-order valence-corrected chi connectivity index (χ0v) is 12.8. The standard InChI is InChI=1S/C14H11Cl2N3S/c15-7-4-9-10(5-8(7)16)19-14(18-9)12-6-2-1-3-11(6)20-13(12)17/h4-5H,1-3,17H2,(H,18,19). The Hall–Kier alpha value is -1.23. The van der Waals surface area contributed by atoms with Crippen LogP contribution in [0.25, 0.3) is 22.4 Å². The van der Waals surface area contributed by atoms with Crippen LogP contribution in [-0.4, -0.2) is 9.97 Å². The highest BCUT2D eigenvalue weighted by Crippen LogP contribution is 2.43. The Morgan fingerprint density at radius 1 is 1.20 bits per heavy atom. The van der Waals surface area contributed by atoms with E-state index in [0.29, 0.717) is 10.0 Å². The van der Waals surface area contributed by atoms with Gasteiger partial charge in [-0.2, -0.15) is 0 Å². The van der Waals surface area contributed by atoms with Crippen LogP contribution in [0.3, 0.4) is 0 Å². The summed E-state index contributed by atoms with van der Waals surface area (Å²) in [6.45, 7) is 0. The van der Waals surface area contributed by atoms with Crippen LogP contribution in [0, 0.1) is 0 Å². The molecule has 20 heavy (non-hydrogen) atoms. The molecular formula is C14H11Cl2N3S. The molecule has 0 saturated carbocycles. The normalized spacial score (nSPS) is 14.1. The van der Waals surface area contributed by atoms with Crippen molar-refractivity contribution in [3.05, 3.63) is 32.6 Å². The summed E-state index contributed by atoms with van der Waals surface area (Å²) in [5.74, 6) is 0.815. The molecule has 0 spiro atoms. The van der Waals surface area contributed by atoms with Crippen molar-refractivity contribution < 1.29 is 0 Å². The summed E-state index contributed by atoms with van der Waals surface area (Å²) in [4.78, 5) is 9.33. The molecule has 102 valence electrons. The van der Waals surface area contributed by atoms with Crippen molar-refractivity contribution >= 4 is 50.6 Å². The molecule has 0 bridgehead atoms. The van der Waals surface area contributed by atoms with Crippen LogP contribution in [0.4, 0.5) is 5.00 Å². The molecule has 1 aromatic carbocycles. The van der Waals surface area contributed by atoms with Crippen LogP contribution < -0.4 is 5.73 Å². The Morgan fingerprint density at radius 3 is 2.85 bits per heavy atom. The molecule has 2 aromatic heterocycles. The average molecular weight is 324 g/mol. The fraction of sp³-hybridized carbons (Fsp3) is 0.214. The lowest BCUT2D eigenvalue weighted by molar-refractivity contribution is 0.915. The average Bonchev–Trinajstić information content (AvgIpc) is 3.03. The number of fused-ring (bicyclic) bond motifs is 2. The van der Waals surface area contributed by atoms with Crippen LogP contribution in [-0.2, 0) is 12.8 Å². The maximum Gasteiger partial charge on any atom is 0.141 e. The highest BCUT2D eigenvalue weighted by Gasteiger charge is 2.23. The Labute approximate surface area is 129 Å². The summed E-state index contributed by atoms with van der Waals surface area (Å²) >= 11 is 13.8. The molecule has 1 aliphatic carbocycles. The number of imidazole rings is 1. The number of benzene rings is 1. The number of hydrogen-bond donors (Lipinski definition) is 2. The fourth-order valence-corrected chi connectivity index (χ4v) is 4.29. The number of nitrogens with two attached hydrogens (primary N) is 1. The Morgan fingerprint density at radius 2 is 2.00 bits per heavy atom. The van der Waals surface area contributed by atoms with Gasteiger partial charge in [0.15, 0.2) is 0 Å². The number of nitrogens with zero attached hydrogens (tertiary/aromatic N) is 1. The number of anilines is 1. The molecule has 0 radical (unpaired) electrons. The quantitative estimate of drug-likeness (QED) is 0.683. The third-order valence-electron chi connectivity index (χ3n) is 3.71. The van der Waals surface area contributed by atoms with E-state index in [-0.39, 0.29) is 0 Å². The minimum Gasteiger partial charge on any atom is -0.390 e. The van der Waals surface area contributed by atoms with Crippen LogP contribution in [0.2, 0.25) is 10.0 Å². The van der Waals surface area contributed by atoms with Gasteiger partial charge in [0.25, 0.3) is 0 Å².